The minimum Gasteiger partial charge on any atom is -0.371 e. The van der Waals surface area contributed by atoms with Crippen LogP contribution < -0.4 is 0 Å². The van der Waals surface area contributed by atoms with Crippen LogP contribution >= 0.6 is 0 Å². The highest BCUT2D eigenvalue weighted by molar-refractivity contribution is 4.90. The number of likely N-dealkylation sites (N-methyl/N-ethyl adjacent to an activating group) is 1. The number of ether oxygens (including phenoxy) is 1. The summed E-state index contributed by atoms with van der Waals surface area (Å²) < 4.78 is 5.28. The molecule has 0 radical (unpaired) electrons. The van der Waals surface area contributed by atoms with Crippen molar-refractivity contribution in [2.45, 2.75) is 31.9 Å². The Labute approximate surface area is 62.2 Å². The van der Waals surface area contributed by atoms with Crippen LogP contribution in [0.3, 0.4) is 0 Å². The topological polar surface area (TPSA) is 15.8 Å². The Morgan fingerprint density at radius 3 is 3.00 bits per heavy atom. The van der Waals surface area contributed by atoms with Crippen LogP contribution in [0, 0.1) is 0 Å². The molecule has 2 aliphatic heterocycles. The Morgan fingerprint density at radius 2 is 2.40 bits per heavy atom. The van der Waals surface area contributed by atoms with Gasteiger partial charge in [-0.15, -0.1) is 0 Å². The second-order valence-electron chi connectivity index (χ2n) is 3.21. The molecule has 0 aromatic carbocycles. The predicted octanol–water partition coefficient (Wildman–Crippen LogP) is 0.869. The Balaban J connectivity index is 1.91. The average Bonchev–Trinajstić information content (AvgIpc) is 2.69. The standard InChI is InChI=1S/C8H15NO/c1-2-9-5-3-4-7(9)8-6-10-8/h7-8H,2-6H2,1H3. The summed E-state index contributed by atoms with van der Waals surface area (Å²) in [6, 6.07) is 0.769. The van der Waals surface area contributed by atoms with Gasteiger partial charge in [0.15, 0.2) is 0 Å². The quantitative estimate of drug-likeness (QED) is 0.530. The highest BCUT2D eigenvalue weighted by Crippen LogP contribution is 2.27. The van der Waals surface area contributed by atoms with Gasteiger partial charge in [-0.05, 0) is 25.9 Å². The van der Waals surface area contributed by atoms with Crippen molar-refractivity contribution >= 4 is 0 Å². The SMILES string of the molecule is CCN1CCCC1C1CO1. The summed E-state index contributed by atoms with van der Waals surface area (Å²) >= 11 is 0. The van der Waals surface area contributed by atoms with Crippen LogP contribution in [0.1, 0.15) is 19.8 Å². The number of rotatable bonds is 2. The summed E-state index contributed by atoms with van der Waals surface area (Å²) in [7, 11) is 0. The van der Waals surface area contributed by atoms with Gasteiger partial charge in [-0.25, -0.2) is 0 Å². The molecule has 0 saturated carbocycles. The summed E-state index contributed by atoms with van der Waals surface area (Å²) in [4.78, 5) is 2.54. The molecule has 2 unspecified atom stereocenters. The molecule has 2 rings (SSSR count). The van der Waals surface area contributed by atoms with Crippen molar-refractivity contribution in [2.24, 2.45) is 0 Å². The van der Waals surface area contributed by atoms with Gasteiger partial charge in [0.2, 0.25) is 0 Å². The zero-order chi connectivity index (χ0) is 6.97. The van der Waals surface area contributed by atoms with Crippen molar-refractivity contribution in [3.63, 3.8) is 0 Å². The van der Waals surface area contributed by atoms with Crippen molar-refractivity contribution in [3.05, 3.63) is 0 Å². The molecule has 0 bridgehead atoms. The van der Waals surface area contributed by atoms with Crippen LogP contribution in [0.25, 0.3) is 0 Å². The van der Waals surface area contributed by atoms with E-state index in [0.717, 1.165) is 12.6 Å². The lowest BCUT2D eigenvalue weighted by Gasteiger charge is -2.20. The molecule has 58 valence electrons. The van der Waals surface area contributed by atoms with E-state index in [-0.39, 0.29) is 0 Å². The molecule has 0 N–H and O–H groups in total. The minimum absolute atomic E-state index is 0.599. The molecular formula is C8H15NO. The Morgan fingerprint density at radius 1 is 1.60 bits per heavy atom. The fraction of sp³-hybridized carbons (Fsp3) is 1.00. The zero-order valence-corrected chi connectivity index (χ0v) is 6.55. The second-order valence-corrected chi connectivity index (χ2v) is 3.21. The van der Waals surface area contributed by atoms with Gasteiger partial charge in [-0.2, -0.15) is 0 Å². The molecule has 0 spiro atoms. The van der Waals surface area contributed by atoms with E-state index >= 15 is 0 Å². The van der Waals surface area contributed by atoms with E-state index in [1.54, 1.807) is 0 Å². The van der Waals surface area contributed by atoms with Gasteiger partial charge in [0.1, 0.15) is 0 Å². The largest absolute Gasteiger partial charge is 0.371 e. The van der Waals surface area contributed by atoms with Gasteiger partial charge in [0.05, 0.1) is 12.7 Å². The van der Waals surface area contributed by atoms with Gasteiger partial charge < -0.3 is 4.74 Å². The molecule has 2 nitrogen and oxygen atoms in total. The van der Waals surface area contributed by atoms with Crippen LogP contribution in [0.5, 0.6) is 0 Å². The van der Waals surface area contributed by atoms with Crippen molar-refractivity contribution in [3.8, 4) is 0 Å². The Bertz CT molecular complexity index is 122. The molecule has 10 heavy (non-hydrogen) atoms. The van der Waals surface area contributed by atoms with Crippen LogP contribution in [0.15, 0.2) is 0 Å². The normalized spacial score (nSPS) is 40.5. The van der Waals surface area contributed by atoms with Crippen LogP contribution in [0.4, 0.5) is 0 Å². The smallest absolute Gasteiger partial charge is 0.0964 e. The molecule has 2 fully saturated rings. The third-order valence-electron chi connectivity index (χ3n) is 2.61. The third kappa shape index (κ3) is 1.06. The fourth-order valence-corrected chi connectivity index (χ4v) is 1.94. The second kappa shape index (κ2) is 2.51. The first-order chi connectivity index (χ1) is 4.92. The monoisotopic (exact) mass is 141 g/mol. The summed E-state index contributed by atoms with van der Waals surface area (Å²) in [5.74, 6) is 0. The van der Waals surface area contributed by atoms with Gasteiger partial charge in [-0.3, -0.25) is 4.90 Å². The van der Waals surface area contributed by atoms with E-state index in [1.165, 1.54) is 25.9 Å². The number of nitrogens with zero attached hydrogens (tertiary/aromatic N) is 1. The van der Waals surface area contributed by atoms with Crippen LogP contribution in [-0.4, -0.2) is 36.7 Å². The lowest BCUT2D eigenvalue weighted by molar-refractivity contribution is 0.217. The number of hydrogen-bond donors (Lipinski definition) is 0. The van der Waals surface area contributed by atoms with Crippen LogP contribution in [0.2, 0.25) is 0 Å². The van der Waals surface area contributed by atoms with Gasteiger partial charge >= 0.3 is 0 Å². The maximum atomic E-state index is 5.28. The number of likely N-dealkylation sites (tertiary alicyclic amines) is 1. The fourth-order valence-electron chi connectivity index (χ4n) is 1.94. The first kappa shape index (κ1) is 6.62. The lowest BCUT2D eigenvalue weighted by Crippen LogP contribution is -2.33. The van der Waals surface area contributed by atoms with Crippen molar-refractivity contribution in [1.29, 1.82) is 0 Å². The van der Waals surface area contributed by atoms with Gasteiger partial charge in [0, 0.05) is 6.04 Å². The van der Waals surface area contributed by atoms with E-state index in [0.29, 0.717) is 6.10 Å². The molecule has 2 atom stereocenters. The van der Waals surface area contributed by atoms with Gasteiger partial charge in [-0.1, -0.05) is 6.92 Å². The van der Waals surface area contributed by atoms with E-state index in [4.69, 9.17) is 4.74 Å². The average molecular weight is 141 g/mol. The van der Waals surface area contributed by atoms with Crippen LogP contribution in [-0.2, 0) is 4.74 Å². The molecule has 0 aromatic heterocycles. The molecule has 0 aromatic rings. The summed E-state index contributed by atoms with van der Waals surface area (Å²) in [5.41, 5.74) is 0. The molecule has 2 heterocycles. The number of epoxide rings is 1. The first-order valence-corrected chi connectivity index (χ1v) is 4.27. The molecule has 2 saturated heterocycles. The summed E-state index contributed by atoms with van der Waals surface area (Å²) in [5, 5.41) is 0. The highest BCUT2D eigenvalue weighted by atomic mass is 16.6. The van der Waals surface area contributed by atoms with Gasteiger partial charge in [0.25, 0.3) is 0 Å². The molecule has 0 aliphatic carbocycles. The lowest BCUT2D eigenvalue weighted by atomic mass is 10.1. The molecule has 0 amide bonds. The zero-order valence-electron chi connectivity index (χ0n) is 6.55. The van der Waals surface area contributed by atoms with E-state index in [2.05, 4.69) is 11.8 Å². The highest BCUT2D eigenvalue weighted by Gasteiger charge is 2.38. The Kier molecular flexibility index (Phi) is 1.66. The van der Waals surface area contributed by atoms with Crippen molar-refractivity contribution < 1.29 is 4.74 Å². The van der Waals surface area contributed by atoms with Crippen molar-refractivity contribution in [2.75, 3.05) is 19.7 Å². The van der Waals surface area contributed by atoms with Crippen molar-refractivity contribution in [1.82, 2.24) is 4.90 Å². The summed E-state index contributed by atoms with van der Waals surface area (Å²) in [6.45, 7) is 5.74. The molecular weight excluding hydrogens is 126 g/mol. The summed E-state index contributed by atoms with van der Waals surface area (Å²) in [6.07, 6.45) is 3.33. The van der Waals surface area contributed by atoms with E-state index in [9.17, 15) is 0 Å². The molecule has 2 aliphatic rings. The maximum Gasteiger partial charge on any atom is 0.0964 e. The molecule has 2 heteroatoms. The minimum atomic E-state index is 0.599. The number of hydrogen-bond acceptors (Lipinski definition) is 2. The first-order valence-electron chi connectivity index (χ1n) is 4.27. The third-order valence-corrected chi connectivity index (χ3v) is 2.61. The van der Waals surface area contributed by atoms with E-state index < -0.39 is 0 Å². The Hall–Kier alpha value is -0.0800. The predicted molar refractivity (Wildman–Crippen MR) is 40.0 cm³/mol. The van der Waals surface area contributed by atoms with E-state index in [1.807, 2.05) is 0 Å². The maximum absolute atomic E-state index is 5.28.